The Balaban J connectivity index is 1.48. The van der Waals surface area contributed by atoms with E-state index in [9.17, 15) is 0 Å². The fourth-order valence-electron chi connectivity index (χ4n) is 4.43. The van der Waals surface area contributed by atoms with Gasteiger partial charge in [0.15, 0.2) is 0 Å². The average molecular weight is 325 g/mol. The van der Waals surface area contributed by atoms with Crippen molar-refractivity contribution in [2.75, 3.05) is 24.6 Å². The minimum Gasteiger partial charge on any atom is -0.396 e. The molecule has 2 aliphatic rings. The SMILES string of the molecule is OCCCNC1CCC(N2CCc3cncc4cccc2c34)CC1. The van der Waals surface area contributed by atoms with Crippen LogP contribution in [0.15, 0.2) is 30.6 Å². The number of aromatic nitrogens is 1. The lowest BCUT2D eigenvalue weighted by Gasteiger charge is -2.41. The number of nitrogens with zero attached hydrogens (tertiary/aromatic N) is 2. The van der Waals surface area contributed by atoms with Crippen molar-refractivity contribution < 1.29 is 5.11 Å². The van der Waals surface area contributed by atoms with Gasteiger partial charge in [-0.1, -0.05) is 12.1 Å². The molecule has 0 atom stereocenters. The molecule has 4 rings (SSSR count). The number of benzene rings is 1. The first-order chi connectivity index (χ1) is 11.9. The Morgan fingerprint density at radius 2 is 2.04 bits per heavy atom. The Kier molecular flexibility index (Phi) is 4.67. The van der Waals surface area contributed by atoms with Gasteiger partial charge < -0.3 is 15.3 Å². The third-order valence-electron chi connectivity index (χ3n) is 5.68. The molecule has 1 fully saturated rings. The van der Waals surface area contributed by atoms with E-state index in [2.05, 4.69) is 33.4 Å². The maximum absolute atomic E-state index is 8.91. The van der Waals surface area contributed by atoms with Crippen molar-refractivity contribution in [1.82, 2.24) is 10.3 Å². The summed E-state index contributed by atoms with van der Waals surface area (Å²) in [6.07, 6.45) is 11.0. The number of pyridine rings is 1. The molecule has 2 heterocycles. The first-order valence-corrected chi connectivity index (χ1v) is 9.33. The molecule has 4 nitrogen and oxygen atoms in total. The lowest BCUT2D eigenvalue weighted by molar-refractivity contribution is 0.273. The lowest BCUT2D eigenvalue weighted by Crippen LogP contribution is -2.44. The normalized spacial score (nSPS) is 23.6. The van der Waals surface area contributed by atoms with Crippen LogP contribution in [0.3, 0.4) is 0 Å². The smallest absolute Gasteiger partial charge is 0.0452 e. The van der Waals surface area contributed by atoms with Gasteiger partial charge in [-0.05, 0) is 56.7 Å². The summed E-state index contributed by atoms with van der Waals surface area (Å²) in [5, 5.41) is 15.2. The molecule has 0 amide bonds. The number of rotatable bonds is 5. The topological polar surface area (TPSA) is 48.4 Å². The Hall–Kier alpha value is -1.65. The van der Waals surface area contributed by atoms with E-state index in [-0.39, 0.29) is 6.61 Å². The Morgan fingerprint density at radius 3 is 2.88 bits per heavy atom. The zero-order chi connectivity index (χ0) is 16.4. The monoisotopic (exact) mass is 325 g/mol. The van der Waals surface area contributed by atoms with Gasteiger partial charge in [0.05, 0.1) is 0 Å². The van der Waals surface area contributed by atoms with Gasteiger partial charge in [-0.15, -0.1) is 0 Å². The van der Waals surface area contributed by atoms with Crippen molar-refractivity contribution in [3.8, 4) is 0 Å². The highest BCUT2D eigenvalue weighted by Gasteiger charge is 2.29. The molecular formula is C20H27N3O. The van der Waals surface area contributed by atoms with Crippen LogP contribution < -0.4 is 10.2 Å². The van der Waals surface area contributed by atoms with Crippen LogP contribution in [0.4, 0.5) is 5.69 Å². The summed E-state index contributed by atoms with van der Waals surface area (Å²) in [4.78, 5) is 7.05. The molecule has 1 aromatic carbocycles. The standard InChI is InChI=1S/C20H27N3O/c24-12-2-10-22-17-5-7-18(8-6-17)23-11-9-16-14-21-13-15-3-1-4-19(23)20(15)16/h1,3-4,13-14,17-18,22,24H,2,5-12H2. The van der Waals surface area contributed by atoms with Gasteiger partial charge in [-0.3, -0.25) is 4.98 Å². The van der Waals surface area contributed by atoms with Crippen LogP contribution in [0.5, 0.6) is 0 Å². The number of hydrogen-bond donors (Lipinski definition) is 2. The molecule has 1 aliphatic carbocycles. The van der Waals surface area contributed by atoms with Crippen molar-refractivity contribution in [2.45, 2.75) is 50.6 Å². The molecule has 128 valence electrons. The Bertz CT molecular complexity index is 689. The van der Waals surface area contributed by atoms with E-state index in [4.69, 9.17) is 5.11 Å². The van der Waals surface area contributed by atoms with E-state index >= 15 is 0 Å². The van der Waals surface area contributed by atoms with E-state index in [1.54, 1.807) is 0 Å². The molecule has 1 aromatic heterocycles. The highest BCUT2D eigenvalue weighted by atomic mass is 16.3. The maximum Gasteiger partial charge on any atom is 0.0452 e. The second-order valence-corrected chi connectivity index (χ2v) is 7.15. The maximum atomic E-state index is 8.91. The van der Waals surface area contributed by atoms with Gasteiger partial charge in [-0.25, -0.2) is 0 Å². The van der Waals surface area contributed by atoms with Crippen LogP contribution in [0.2, 0.25) is 0 Å². The number of nitrogens with one attached hydrogen (secondary N) is 1. The van der Waals surface area contributed by atoms with E-state index in [1.165, 1.54) is 47.7 Å². The molecule has 0 bridgehead atoms. The number of aliphatic hydroxyl groups excluding tert-OH is 1. The minimum absolute atomic E-state index is 0.286. The van der Waals surface area contributed by atoms with E-state index < -0.39 is 0 Å². The quantitative estimate of drug-likeness (QED) is 0.830. The van der Waals surface area contributed by atoms with Crippen LogP contribution in [-0.4, -0.2) is 41.9 Å². The second kappa shape index (κ2) is 7.08. The molecule has 2 aromatic rings. The zero-order valence-corrected chi connectivity index (χ0v) is 14.2. The van der Waals surface area contributed by atoms with Gasteiger partial charge in [0.1, 0.15) is 0 Å². The van der Waals surface area contributed by atoms with Crippen molar-refractivity contribution in [3.63, 3.8) is 0 Å². The molecule has 0 unspecified atom stereocenters. The summed E-state index contributed by atoms with van der Waals surface area (Å²) in [6, 6.07) is 7.93. The van der Waals surface area contributed by atoms with Crippen LogP contribution in [0.1, 0.15) is 37.7 Å². The van der Waals surface area contributed by atoms with Crippen LogP contribution >= 0.6 is 0 Å². The van der Waals surface area contributed by atoms with Gasteiger partial charge >= 0.3 is 0 Å². The molecule has 0 radical (unpaired) electrons. The van der Waals surface area contributed by atoms with Crippen molar-refractivity contribution in [3.05, 3.63) is 36.2 Å². The van der Waals surface area contributed by atoms with Crippen molar-refractivity contribution in [1.29, 1.82) is 0 Å². The lowest BCUT2D eigenvalue weighted by atomic mass is 9.88. The summed E-state index contributed by atoms with van der Waals surface area (Å²) in [7, 11) is 0. The summed E-state index contributed by atoms with van der Waals surface area (Å²) >= 11 is 0. The molecule has 0 saturated heterocycles. The van der Waals surface area contributed by atoms with Crippen LogP contribution in [-0.2, 0) is 6.42 Å². The highest BCUT2D eigenvalue weighted by Crippen LogP contribution is 2.37. The summed E-state index contributed by atoms with van der Waals surface area (Å²) in [5.74, 6) is 0. The van der Waals surface area contributed by atoms with Crippen LogP contribution in [0.25, 0.3) is 10.8 Å². The Labute approximate surface area is 143 Å². The predicted octanol–water partition coefficient (Wildman–Crippen LogP) is 2.88. The molecule has 24 heavy (non-hydrogen) atoms. The fourth-order valence-corrected chi connectivity index (χ4v) is 4.43. The zero-order valence-electron chi connectivity index (χ0n) is 14.2. The summed E-state index contributed by atoms with van der Waals surface area (Å²) in [6.45, 7) is 2.34. The predicted molar refractivity (Wildman–Crippen MR) is 98.5 cm³/mol. The molecule has 1 saturated carbocycles. The molecular weight excluding hydrogens is 298 g/mol. The van der Waals surface area contributed by atoms with Crippen molar-refractivity contribution in [2.24, 2.45) is 0 Å². The summed E-state index contributed by atoms with van der Waals surface area (Å²) in [5.41, 5.74) is 2.81. The van der Waals surface area contributed by atoms with Gasteiger partial charge in [0.2, 0.25) is 0 Å². The highest BCUT2D eigenvalue weighted by molar-refractivity contribution is 5.97. The third kappa shape index (κ3) is 3.01. The van der Waals surface area contributed by atoms with E-state index in [1.807, 2.05) is 12.4 Å². The second-order valence-electron chi connectivity index (χ2n) is 7.15. The van der Waals surface area contributed by atoms with Crippen LogP contribution in [0, 0.1) is 0 Å². The minimum atomic E-state index is 0.286. The van der Waals surface area contributed by atoms with Gasteiger partial charge in [-0.2, -0.15) is 0 Å². The van der Waals surface area contributed by atoms with E-state index in [0.717, 1.165) is 25.9 Å². The van der Waals surface area contributed by atoms with Gasteiger partial charge in [0, 0.05) is 54.1 Å². The first kappa shape index (κ1) is 15.9. The first-order valence-electron chi connectivity index (χ1n) is 9.33. The molecule has 1 aliphatic heterocycles. The number of hydrogen-bond acceptors (Lipinski definition) is 4. The Morgan fingerprint density at radius 1 is 1.17 bits per heavy atom. The number of anilines is 1. The third-order valence-corrected chi connectivity index (χ3v) is 5.68. The summed E-state index contributed by atoms with van der Waals surface area (Å²) < 4.78 is 0. The van der Waals surface area contributed by atoms with Crippen molar-refractivity contribution >= 4 is 16.5 Å². The fraction of sp³-hybridized carbons (Fsp3) is 0.550. The molecule has 4 heteroatoms. The van der Waals surface area contributed by atoms with Gasteiger partial charge in [0.25, 0.3) is 0 Å². The molecule has 0 spiro atoms. The largest absolute Gasteiger partial charge is 0.396 e. The number of aliphatic hydroxyl groups is 1. The molecule has 2 N–H and O–H groups in total. The van der Waals surface area contributed by atoms with E-state index in [0.29, 0.717) is 12.1 Å². The average Bonchev–Trinajstić information content (AvgIpc) is 2.64.